The van der Waals surface area contributed by atoms with Crippen LogP contribution in [0.3, 0.4) is 0 Å². The summed E-state index contributed by atoms with van der Waals surface area (Å²) in [5, 5.41) is 7.05. The number of nitrogens with two attached hydrogens (primary N) is 1. The van der Waals surface area contributed by atoms with Gasteiger partial charge >= 0.3 is 6.03 Å². The molecule has 8 heteroatoms. The molecule has 0 bridgehead atoms. The molecule has 0 aromatic carbocycles. The monoisotopic (exact) mass is 298 g/mol. The van der Waals surface area contributed by atoms with Gasteiger partial charge in [0.05, 0.1) is 5.69 Å². The number of aromatic nitrogens is 4. The molecule has 0 fully saturated rings. The molecule has 0 spiro atoms. The number of urea groups is 1. The summed E-state index contributed by atoms with van der Waals surface area (Å²) in [6.45, 7) is 5.78. The molecule has 0 aliphatic rings. The quantitative estimate of drug-likeness (QED) is 0.780. The minimum atomic E-state index is -0.527. The third-order valence-electron chi connectivity index (χ3n) is 3.13. The Kier molecular flexibility index (Phi) is 4.49. The van der Waals surface area contributed by atoms with E-state index in [1.54, 1.807) is 0 Å². The Morgan fingerprint density at radius 3 is 2.85 bits per heavy atom. The number of imidazole rings is 1. The van der Waals surface area contributed by atoms with Crippen molar-refractivity contribution in [3.63, 3.8) is 0 Å². The molecule has 2 heterocycles. The molecule has 3 N–H and O–H groups in total. The van der Waals surface area contributed by atoms with Gasteiger partial charge in [-0.3, -0.25) is 0 Å². The van der Waals surface area contributed by atoms with Crippen molar-refractivity contribution < 1.29 is 4.79 Å². The molecule has 2 amide bonds. The normalized spacial score (nSPS) is 11.2. The number of aryl methyl sites for hydroxylation is 3. The van der Waals surface area contributed by atoms with Crippen molar-refractivity contribution in [3.05, 3.63) is 11.5 Å². The van der Waals surface area contributed by atoms with Crippen molar-refractivity contribution in [1.29, 1.82) is 0 Å². The van der Waals surface area contributed by atoms with Gasteiger partial charge in [-0.25, -0.2) is 14.5 Å². The van der Waals surface area contributed by atoms with E-state index in [0.29, 0.717) is 25.4 Å². The van der Waals surface area contributed by atoms with Gasteiger partial charge in [-0.1, -0.05) is 0 Å². The highest BCUT2D eigenvalue weighted by atomic mass is 35.5. The van der Waals surface area contributed by atoms with Crippen LogP contribution in [0, 0.1) is 6.92 Å². The average Bonchev–Trinajstić information content (AvgIpc) is 2.89. The second kappa shape index (κ2) is 6.13. The molecule has 0 saturated carbocycles. The van der Waals surface area contributed by atoms with Crippen molar-refractivity contribution in [2.75, 3.05) is 12.4 Å². The molecule has 2 aromatic rings. The molecule has 110 valence electrons. The summed E-state index contributed by atoms with van der Waals surface area (Å²) in [5.41, 5.74) is 7.85. The molecular formula is C12H19ClN6O. The number of halogens is 1. The minimum Gasteiger partial charge on any atom is -0.352 e. The van der Waals surface area contributed by atoms with E-state index in [1.165, 1.54) is 0 Å². The molecule has 0 aliphatic carbocycles. The number of rotatable bonds is 6. The van der Waals surface area contributed by atoms with Crippen LogP contribution >= 0.6 is 11.6 Å². The summed E-state index contributed by atoms with van der Waals surface area (Å²) in [6.07, 6.45) is 0.677. The number of hydrogen-bond acceptors (Lipinski definition) is 3. The number of alkyl halides is 1. The van der Waals surface area contributed by atoms with Crippen LogP contribution in [0.2, 0.25) is 0 Å². The molecular weight excluding hydrogens is 280 g/mol. The Balaban J connectivity index is 2.40. The van der Waals surface area contributed by atoms with Crippen LogP contribution in [0.15, 0.2) is 0 Å². The third-order valence-corrected chi connectivity index (χ3v) is 3.32. The zero-order valence-corrected chi connectivity index (χ0v) is 12.4. The number of nitrogens with zero attached hydrogens (tertiary/aromatic N) is 4. The lowest BCUT2D eigenvalue weighted by Crippen LogP contribution is -2.32. The second-order valence-corrected chi connectivity index (χ2v) is 4.86. The lowest BCUT2D eigenvalue weighted by atomic mass is 10.4. The smallest absolute Gasteiger partial charge is 0.312 e. The fourth-order valence-corrected chi connectivity index (χ4v) is 2.46. The molecule has 0 radical (unpaired) electrons. The highest BCUT2D eigenvalue weighted by molar-refractivity contribution is 6.17. The van der Waals surface area contributed by atoms with Gasteiger partial charge < -0.3 is 15.6 Å². The average molecular weight is 299 g/mol. The van der Waals surface area contributed by atoms with E-state index in [-0.39, 0.29) is 0 Å². The van der Waals surface area contributed by atoms with E-state index in [1.807, 2.05) is 18.5 Å². The van der Waals surface area contributed by atoms with Gasteiger partial charge in [-0.05, 0) is 13.8 Å². The Labute approximate surface area is 122 Å². The van der Waals surface area contributed by atoms with Gasteiger partial charge in [0, 0.05) is 31.9 Å². The van der Waals surface area contributed by atoms with Crippen LogP contribution in [0.4, 0.5) is 4.79 Å². The van der Waals surface area contributed by atoms with Crippen molar-refractivity contribution in [2.45, 2.75) is 33.4 Å². The Morgan fingerprint density at radius 2 is 2.25 bits per heavy atom. The summed E-state index contributed by atoms with van der Waals surface area (Å²) >= 11 is 5.84. The van der Waals surface area contributed by atoms with Gasteiger partial charge in [0.25, 0.3) is 0 Å². The van der Waals surface area contributed by atoms with Crippen molar-refractivity contribution in [2.24, 2.45) is 5.73 Å². The first-order valence-corrected chi connectivity index (χ1v) is 7.13. The maximum absolute atomic E-state index is 10.8. The van der Waals surface area contributed by atoms with Crippen molar-refractivity contribution >= 4 is 28.8 Å². The largest absolute Gasteiger partial charge is 0.352 e. The third kappa shape index (κ3) is 2.72. The summed E-state index contributed by atoms with van der Waals surface area (Å²) in [5.74, 6) is 1.41. The predicted octanol–water partition coefficient (Wildman–Crippen LogP) is 1.01. The number of amides is 2. The summed E-state index contributed by atoms with van der Waals surface area (Å²) in [4.78, 5) is 15.4. The highest BCUT2D eigenvalue weighted by Crippen LogP contribution is 2.20. The number of carbonyl (C=O) groups is 1. The van der Waals surface area contributed by atoms with Gasteiger partial charge in [0.15, 0.2) is 5.65 Å². The van der Waals surface area contributed by atoms with Crippen LogP contribution in [0.25, 0.3) is 11.2 Å². The van der Waals surface area contributed by atoms with Crippen LogP contribution in [0.5, 0.6) is 0 Å². The number of hydrogen-bond donors (Lipinski definition) is 2. The lowest BCUT2D eigenvalue weighted by Gasteiger charge is -2.10. The maximum atomic E-state index is 10.8. The van der Waals surface area contributed by atoms with E-state index in [0.717, 1.165) is 29.2 Å². The molecule has 2 rings (SSSR count). The zero-order valence-electron chi connectivity index (χ0n) is 11.7. The van der Waals surface area contributed by atoms with Gasteiger partial charge in [-0.15, -0.1) is 11.6 Å². The first-order valence-electron chi connectivity index (χ1n) is 6.60. The highest BCUT2D eigenvalue weighted by Gasteiger charge is 2.17. The maximum Gasteiger partial charge on any atom is 0.312 e. The molecule has 20 heavy (non-hydrogen) atoms. The number of primary amides is 1. The number of fused-ring (bicyclic) bond motifs is 1. The summed E-state index contributed by atoms with van der Waals surface area (Å²) < 4.78 is 3.97. The first-order chi connectivity index (χ1) is 9.58. The lowest BCUT2D eigenvalue weighted by molar-refractivity contribution is 0.248. The Hall–Kier alpha value is -1.76. The second-order valence-electron chi connectivity index (χ2n) is 4.48. The standard InChI is InChI=1S/C12H19ClN6O/c1-3-19-11-10(8(2)17-19)16-9(4-5-13)18(11)7-6-15-12(14)20/h3-7H2,1-2H3,(H3,14,15,20). The van der Waals surface area contributed by atoms with Gasteiger partial charge in [0.2, 0.25) is 0 Å². The minimum absolute atomic E-state index is 0.448. The fraction of sp³-hybridized carbons (Fsp3) is 0.583. The molecule has 0 atom stereocenters. The molecule has 2 aromatic heterocycles. The van der Waals surface area contributed by atoms with E-state index in [9.17, 15) is 4.79 Å². The van der Waals surface area contributed by atoms with Crippen LogP contribution in [-0.2, 0) is 19.5 Å². The van der Waals surface area contributed by atoms with Gasteiger partial charge in [-0.2, -0.15) is 5.10 Å². The predicted molar refractivity (Wildman–Crippen MR) is 77.9 cm³/mol. The fourth-order valence-electron chi connectivity index (χ4n) is 2.29. The number of carbonyl (C=O) groups excluding carboxylic acids is 1. The van der Waals surface area contributed by atoms with E-state index >= 15 is 0 Å². The van der Waals surface area contributed by atoms with E-state index in [2.05, 4.69) is 20.0 Å². The summed E-state index contributed by atoms with van der Waals surface area (Å²) in [7, 11) is 0. The zero-order chi connectivity index (χ0) is 14.7. The van der Waals surface area contributed by atoms with Gasteiger partial charge in [0.1, 0.15) is 11.3 Å². The van der Waals surface area contributed by atoms with Crippen LogP contribution in [0.1, 0.15) is 18.4 Å². The van der Waals surface area contributed by atoms with Crippen molar-refractivity contribution in [3.8, 4) is 0 Å². The first kappa shape index (κ1) is 14.6. The van der Waals surface area contributed by atoms with Crippen LogP contribution in [-0.4, -0.2) is 37.8 Å². The van der Waals surface area contributed by atoms with E-state index in [4.69, 9.17) is 17.3 Å². The number of nitrogens with one attached hydrogen (secondary N) is 1. The molecule has 7 nitrogen and oxygen atoms in total. The SMILES string of the molecule is CCn1nc(C)c2nc(CCCl)n(CCNC(N)=O)c21. The molecule has 0 aliphatic heterocycles. The molecule has 0 saturated heterocycles. The van der Waals surface area contributed by atoms with E-state index < -0.39 is 6.03 Å². The summed E-state index contributed by atoms with van der Waals surface area (Å²) in [6, 6.07) is -0.527. The Morgan fingerprint density at radius 1 is 1.50 bits per heavy atom. The Bertz CT molecular complexity index is 617. The van der Waals surface area contributed by atoms with Crippen molar-refractivity contribution in [1.82, 2.24) is 24.6 Å². The molecule has 0 unspecified atom stereocenters. The topological polar surface area (TPSA) is 90.8 Å². The van der Waals surface area contributed by atoms with Crippen LogP contribution < -0.4 is 11.1 Å².